The van der Waals surface area contributed by atoms with Gasteiger partial charge in [0.25, 0.3) is 0 Å². The molecule has 16 heavy (non-hydrogen) atoms. The lowest BCUT2D eigenvalue weighted by Crippen LogP contribution is -2.48. The molecule has 4 heteroatoms. The smallest absolute Gasteiger partial charge is 0.234 e. The van der Waals surface area contributed by atoms with Crippen LogP contribution in [-0.4, -0.2) is 36.7 Å². The van der Waals surface area contributed by atoms with E-state index in [0.29, 0.717) is 12.6 Å². The summed E-state index contributed by atoms with van der Waals surface area (Å²) in [6, 6.07) is 0.870. The predicted molar refractivity (Wildman–Crippen MR) is 62.2 cm³/mol. The minimum atomic E-state index is -0.0971. The highest BCUT2D eigenvalue weighted by molar-refractivity contribution is 5.78. The molecule has 1 atom stereocenters. The Bertz CT molecular complexity index is 262. The SMILES string of the molecule is CC1(C)CC(NC(=O)CNC2CC2)CCO1. The van der Waals surface area contributed by atoms with Gasteiger partial charge in [0.05, 0.1) is 12.1 Å². The van der Waals surface area contributed by atoms with E-state index in [1.165, 1.54) is 12.8 Å². The molecule has 1 heterocycles. The average molecular weight is 226 g/mol. The third-order valence-corrected chi connectivity index (χ3v) is 3.19. The maximum absolute atomic E-state index is 11.6. The van der Waals surface area contributed by atoms with Gasteiger partial charge in [-0.05, 0) is 39.5 Å². The average Bonchev–Trinajstić information content (AvgIpc) is 2.96. The summed E-state index contributed by atoms with van der Waals surface area (Å²) in [4.78, 5) is 11.6. The van der Waals surface area contributed by atoms with Crippen LogP contribution in [0.2, 0.25) is 0 Å². The molecule has 92 valence electrons. The first-order valence-corrected chi connectivity index (χ1v) is 6.22. The summed E-state index contributed by atoms with van der Waals surface area (Å²) in [6.07, 6.45) is 4.27. The monoisotopic (exact) mass is 226 g/mol. The molecule has 4 nitrogen and oxygen atoms in total. The second-order valence-electron chi connectivity index (χ2n) is 5.52. The molecule has 2 N–H and O–H groups in total. The summed E-state index contributed by atoms with van der Waals surface area (Å²) < 4.78 is 5.62. The normalized spacial score (nSPS) is 28.8. The molecule has 1 aliphatic heterocycles. The van der Waals surface area contributed by atoms with Gasteiger partial charge in [-0.15, -0.1) is 0 Å². The van der Waals surface area contributed by atoms with Crippen molar-refractivity contribution in [1.82, 2.24) is 10.6 Å². The lowest BCUT2D eigenvalue weighted by atomic mass is 9.94. The van der Waals surface area contributed by atoms with Crippen LogP contribution in [0.3, 0.4) is 0 Å². The van der Waals surface area contributed by atoms with Crippen LogP contribution in [0.4, 0.5) is 0 Å². The van der Waals surface area contributed by atoms with Gasteiger partial charge in [0.15, 0.2) is 0 Å². The first-order chi connectivity index (χ1) is 7.55. The van der Waals surface area contributed by atoms with E-state index in [1.54, 1.807) is 0 Å². The quantitative estimate of drug-likeness (QED) is 0.746. The zero-order valence-electron chi connectivity index (χ0n) is 10.2. The Balaban J connectivity index is 1.68. The van der Waals surface area contributed by atoms with Gasteiger partial charge >= 0.3 is 0 Å². The number of ether oxygens (including phenoxy) is 1. The van der Waals surface area contributed by atoms with Crippen molar-refractivity contribution in [2.24, 2.45) is 0 Å². The Kier molecular flexibility index (Phi) is 3.50. The zero-order chi connectivity index (χ0) is 11.6. The molecule has 2 fully saturated rings. The number of hydrogen-bond donors (Lipinski definition) is 2. The lowest BCUT2D eigenvalue weighted by molar-refractivity contribution is -0.123. The Hall–Kier alpha value is -0.610. The minimum Gasteiger partial charge on any atom is -0.375 e. The largest absolute Gasteiger partial charge is 0.375 e. The van der Waals surface area contributed by atoms with Crippen molar-refractivity contribution in [3.8, 4) is 0 Å². The molecule has 2 rings (SSSR count). The van der Waals surface area contributed by atoms with Gasteiger partial charge in [-0.1, -0.05) is 0 Å². The molecule has 1 saturated carbocycles. The summed E-state index contributed by atoms with van der Waals surface area (Å²) >= 11 is 0. The van der Waals surface area contributed by atoms with Gasteiger partial charge in [-0.2, -0.15) is 0 Å². The lowest BCUT2D eigenvalue weighted by Gasteiger charge is -2.35. The molecule has 1 saturated heterocycles. The molecular formula is C12H22N2O2. The topological polar surface area (TPSA) is 50.4 Å². The minimum absolute atomic E-state index is 0.0971. The van der Waals surface area contributed by atoms with Crippen LogP contribution >= 0.6 is 0 Å². The number of rotatable bonds is 4. The van der Waals surface area contributed by atoms with Gasteiger partial charge in [0.1, 0.15) is 0 Å². The number of carbonyl (C=O) groups is 1. The standard InChI is InChI=1S/C12H22N2O2/c1-12(2)7-10(5-6-16-12)14-11(15)8-13-9-3-4-9/h9-10,13H,3-8H2,1-2H3,(H,14,15). The van der Waals surface area contributed by atoms with Gasteiger partial charge in [0, 0.05) is 18.7 Å². The Morgan fingerprint density at radius 1 is 1.31 bits per heavy atom. The van der Waals surface area contributed by atoms with Crippen LogP contribution < -0.4 is 10.6 Å². The summed E-state index contributed by atoms with van der Waals surface area (Å²) in [6.45, 7) is 5.36. The van der Waals surface area contributed by atoms with Crippen molar-refractivity contribution in [2.45, 2.75) is 57.2 Å². The zero-order valence-corrected chi connectivity index (χ0v) is 10.2. The third-order valence-electron chi connectivity index (χ3n) is 3.19. The number of hydrogen-bond acceptors (Lipinski definition) is 3. The predicted octanol–water partition coefficient (Wildman–Crippen LogP) is 0.812. The number of carbonyl (C=O) groups excluding carboxylic acids is 1. The molecule has 0 aromatic carbocycles. The summed E-state index contributed by atoms with van der Waals surface area (Å²) in [5.41, 5.74) is -0.0971. The molecule has 0 bridgehead atoms. The van der Waals surface area contributed by atoms with E-state index in [1.807, 2.05) is 0 Å². The van der Waals surface area contributed by atoms with Crippen molar-refractivity contribution in [1.29, 1.82) is 0 Å². The molecule has 1 amide bonds. The maximum Gasteiger partial charge on any atom is 0.234 e. The van der Waals surface area contributed by atoms with Crippen molar-refractivity contribution in [3.63, 3.8) is 0 Å². The third kappa shape index (κ3) is 3.76. The van der Waals surface area contributed by atoms with Crippen molar-refractivity contribution >= 4 is 5.91 Å². The van der Waals surface area contributed by atoms with E-state index in [4.69, 9.17) is 4.74 Å². The fourth-order valence-electron chi connectivity index (χ4n) is 2.16. The van der Waals surface area contributed by atoms with Gasteiger partial charge in [-0.25, -0.2) is 0 Å². The second kappa shape index (κ2) is 4.72. The van der Waals surface area contributed by atoms with Crippen molar-refractivity contribution < 1.29 is 9.53 Å². The highest BCUT2D eigenvalue weighted by atomic mass is 16.5. The van der Waals surface area contributed by atoms with E-state index >= 15 is 0 Å². The fourth-order valence-corrected chi connectivity index (χ4v) is 2.16. The Morgan fingerprint density at radius 2 is 2.06 bits per heavy atom. The van der Waals surface area contributed by atoms with Crippen LogP contribution in [0.15, 0.2) is 0 Å². The van der Waals surface area contributed by atoms with E-state index in [9.17, 15) is 4.79 Å². The number of nitrogens with one attached hydrogen (secondary N) is 2. The van der Waals surface area contributed by atoms with Crippen LogP contribution in [0, 0.1) is 0 Å². The summed E-state index contributed by atoms with van der Waals surface area (Å²) in [5, 5.41) is 6.30. The number of amides is 1. The first-order valence-electron chi connectivity index (χ1n) is 6.22. The maximum atomic E-state index is 11.6. The molecule has 0 spiro atoms. The molecule has 0 aromatic rings. The van der Waals surface area contributed by atoms with Gasteiger partial charge in [-0.3, -0.25) is 4.79 Å². The van der Waals surface area contributed by atoms with Crippen LogP contribution in [0.5, 0.6) is 0 Å². The molecule has 0 aromatic heterocycles. The first kappa shape index (κ1) is 11.9. The molecular weight excluding hydrogens is 204 g/mol. The highest BCUT2D eigenvalue weighted by Crippen LogP contribution is 2.23. The molecule has 0 radical (unpaired) electrons. The van der Waals surface area contributed by atoms with E-state index in [-0.39, 0.29) is 17.6 Å². The van der Waals surface area contributed by atoms with Gasteiger partial charge < -0.3 is 15.4 Å². The Morgan fingerprint density at radius 3 is 2.69 bits per heavy atom. The summed E-state index contributed by atoms with van der Waals surface area (Å²) in [5.74, 6) is 0.120. The van der Waals surface area contributed by atoms with E-state index < -0.39 is 0 Å². The fraction of sp³-hybridized carbons (Fsp3) is 0.917. The van der Waals surface area contributed by atoms with E-state index in [0.717, 1.165) is 19.4 Å². The van der Waals surface area contributed by atoms with E-state index in [2.05, 4.69) is 24.5 Å². The van der Waals surface area contributed by atoms with Crippen LogP contribution in [0.1, 0.15) is 39.5 Å². The van der Waals surface area contributed by atoms with Crippen LogP contribution in [0.25, 0.3) is 0 Å². The molecule has 2 aliphatic rings. The molecule has 1 aliphatic carbocycles. The highest BCUT2D eigenvalue weighted by Gasteiger charge is 2.29. The van der Waals surface area contributed by atoms with Crippen LogP contribution in [-0.2, 0) is 9.53 Å². The Labute approximate surface area is 97.1 Å². The second-order valence-corrected chi connectivity index (χ2v) is 5.52. The van der Waals surface area contributed by atoms with Crippen molar-refractivity contribution in [2.75, 3.05) is 13.2 Å². The van der Waals surface area contributed by atoms with Gasteiger partial charge in [0.2, 0.25) is 5.91 Å². The summed E-state index contributed by atoms with van der Waals surface area (Å²) in [7, 11) is 0. The van der Waals surface area contributed by atoms with Crippen molar-refractivity contribution in [3.05, 3.63) is 0 Å². The molecule has 1 unspecified atom stereocenters.